The van der Waals surface area contributed by atoms with Crippen LogP contribution in [0.2, 0.25) is 0 Å². The van der Waals surface area contributed by atoms with E-state index < -0.39 is 0 Å². The molecule has 186 valence electrons. The molecule has 1 heterocycles. The molecule has 0 aromatic carbocycles. The van der Waals surface area contributed by atoms with E-state index in [1.54, 1.807) is 0 Å². The van der Waals surface area contributed by atoms with Gasteiger partial charge in [0.2, 0.25) is 0 Å². The topological polar surface area (TPSA) is 6.48 Å². The molecule has 0 N–H and O–H groups in total. The van der Waals surface area contributed by atoms with Gasteiger partial charge >= 0.3 is 0 Å². The Hall–Kier alpha value is -0.0800. The van der Waals surface area contributed by atoms with Crippen LogP contribution in [0.25, 0.3) is 0 Å². The zero-order valence-electron chi connectivity index (χ0n) is 22.0. The summed E-state index contributed by atoms with van der Waals surface area (Å²) in [5, 5.41) is 0. The van der Waals surface area contributed by atoms with Crippen LogP contribution in [-0.4, -0.2) is 49.1 Å². The predicted molar refractivity (Wildman–Crippen MR) is 141 cm³/mol. The summed E-state index contributed by atoms with van der Waals surface area (Å²) >= 11 is 0. The fourth-order valence-corrected chi connectivity index (χ4v) is 5.12. The standard InChI is InChI=1S/C29H60N2/c1-3-5-7-9-11-13-15-17-19-21-24-30-26-23-27-31(29-28-30)25-22-20-18-16-14-12-10-8-6-4-2/h3-29H2,1-2H3. The lowest BCUT2D eigenvalue weighted by atomic mass is 10.1. The van der Waals surface area contributed by atoms with Crippen molar-refractivity contribution in [3.05, 3.63) is 0 Å². The average molecular weight is 437 g/mol. The molecule has 1 aliphatic heterocycles. The number of rotatable bonds is 22. The van der Waals surface area contributed by atoms with Crippen molar-refractivity contribution in [2.24, 2.45) is 0 Å². The summed E-state index contributed by atoms with van der Waals surface area (Å²) in [5.41, 5.74) is 0. The van der Waals surface area contributed by atoms with E-state index in [2.05, 4.69) is 23.6 Å². The molecule has 0 bridgehead atoms. The smallest absolute Gasteiger partial charge is 0.0109 e. The molecule has 1 rings (SSSR count). The van der Waals surface area contributed by atoms with Gasteiger partial charge in [-0.15, -0.1) is 0 Å². The molecule has 1 aliphatic rings. The van der Waals surface area contributed by atoms with E-state index in [0.29, 0.717) is 0 Å². The first kappa shape index (κ1) is 29.0. The first-order chi connectivity index (χ1) is 15.4. The van der Waals surface area contributed by atoms with Crippen molar-refractivity contribution in [2.75, 3.05) is 39.3 Å². The maximum Gasteiger partial charge on any atom is 0.0109 e. The minimum absolute atomic E-state index is 1.31. The quantitative estimate of drug-likeness (QED) is 0.156. The number of hydrogen-bond acceptors (Lipinski definition) is 2. The van der Waals surface area contributed by atoms with Crippen molar-refractivity contribution in [3.8, 4) is 0 Å². The molecule has 0 atom stereocenters. The van der Waals surface area contributed by atoms with Gasteiger partial charge in [0, 0.05) is 13.1 Å². The fraction of sp³-hybridized carbons (Fsp3) is 1.00. The summed E-state index contributed by atoms with van der Waals surface area (Å²) in [6, 6.07) is 0. The molecule has 0 radical (unpaired) electrons. The Morgan fingerprint density at radius 2 is 0.645 bits per heavy atom. The molecule has 1 saturated heterocycles. The molecule has 0 spiro atoms. The SMILES string of the molecule is CCCCCCCCCCCCN1CCCN(CCCCCCCCCCCC)CC1. The molecule has 1 fully saturated rings. The Kier molecular flexibility index (Phi) is 21.6. The second kappa shape index (κ2) is 23.1. The molecule has 0 unspecified atom stereocenters. The third-order valence-electron chi connectivity index (χ3n) is 7.34. The van der Waals surface area contributed by atoms with Gasteiger partial charge in [0.05, 0.1) is 0 Å². The zero-order chi connectivity index (χ0) is 22.2. The normalized spacial score (nSPS) is 16.1. The number of nitrogens with zero attached hydrogens (tertiary/aromatic N) is 2. The summed E-state index contributed by atoms with van der Waals surface area (Å²) in [6.07, 6.45) is 30.4. The maximum absolute atomic E-state index is 2.75. The van der Waals surface area contributed by atoms with Crippen molar-refractivity contribution in [1.29, 1.82) is 0 Å². The molecular weight excluding hydrogens is 376 g/mol. The lowest BCUT2D eigenvalue weighted by molar-refractivity contribution is 0.249. The van der Waals surface area contributed by atoms with Crippen LogP contribution < -0.4 is 0 Å². The Morgan fingerprint density at radius 1 is 0.355 bits per heavy atom. The molecule has 0 aromatic rings. The molecule has 0 saturated carbocycles. The highest BCUT2D eigenvalue weighted by Gasteiger charge is 2.13. The largest absolute Gasteiger partial charge is 0.302 e. The molecule has 0 amide bonds. The predicted octanol–water partition coefficient (Wildman–Crippen LogP) is 8.84. The summed E-state index contributed by atoms with van der Waals surface area (Å²) in [4.78, 5) is 5.51. The van der Waals surface area contributed by atoms with E-state index in [0.717, 1.165) is 0 Å². The summed E-state index contributed by atoms with van der Waals surface area (Å²) < 4.78 is 0. The minimum atomic E-state index is 1.31. The van der Waals surface area contributed by atoms with Crippen LogP contribution in [0.5, 0.6) is 0 Å². The van der Waals surface area contributed by atoms with E-state index in [1.807, 2.05) is 0 Å². The van der Waals surface area contributed by atoms with Crippen LogP contribution in [0.1, 0.15) is 149 Å². The molecule has 0 aromatic heterocycles. The van der Waals surface area contributed by atoms with E-state index in [4.69, 9.17) is 0 Å². The van der Waals surface area contributed by atoms with Crippen LogP contribution in [-0.2, 0) is 0 Å². The lowest BCUT2D eigenvalue weighted by Crippen LogP contribution is -2.32. The monoisotopic (exact) mass is 436 g/mol. The summed E-state index contributed by atoms with van der Waals surface area (Å²) in [7, 11) is 0. The Labute approximate surface area is 197 Å². The highest BCUT2D eigenvalue weighted by molar-refractivity contribution is 4.70. The van der Waals surface area contributed by atoms with E-state index in [-0.39, 0.29) is 0 Å². The Bertz CT molecular complexity index is 312. The highest BCUT2D eigenvalue weighted by Crippen LogP contribution is 2.13. The summed E-state index contributed by atoms with van der Waals surface area (Å²) in [5.74, 6) is 0. The molecule has 2 nitrogen and oxygen atoms in total. The van der Waals surface area contributed by atoms with Crippen molar-refractivity contribution in [2.45, 2.75) is 149 Å². The van der Waals surface area contributed by atoms with Crippen LogP contribution >= 0.6 is 0 Å². The van der Waals surface area contributed by atoms with E-state index in [1.165, 1.54) is 174 Å². The van der Waals surface area contributed by atoms with Gasteiger partial charge in [0.1, 0.15) is 0 Å². The van der Waals surface area contributed by atoms with Crippen LogP contribution in [0.4, 0.5) is 0 Å². The third kappa shape index (κ3) is 19.1. The van der Waals surface area contributed by atoms with Crippen molar-refractivity contribution < 1.29 is 0 Å². The van der Waals surface area contributed by atoms with Crippen LogP contribution in [0, 0.1) is 0 Å². The Morgan fingerprint density at radius 3 is 0.968 bits per heavy atom. The number of hydrogen-bond donors (Lipinski definition) is 0. The minimum Gasteiger partial charge on any atom is -0.302 e. The van der Waals surface area contributed by atoms with Gasteiger partial charge in [-0.2, -0.15) is 0 Å². The van der Waals surface area contributed by atoms with Crippen LogP contribution in [0.3, 0.4) is 0 Å². The first-order valence-electron chi connectivity index (χ1n) is 14.8. The second-order valence-corrected chi connectivity index (χ2v) is 10.4. The highest BCUT2D eigenvalue weighted by atomic mass is 15.2. The second-order valence-electron chi connectivity index (χ2n) is 10.4. The Balaban J connectivity index is 1.87. The average Bonchev–Trinajstić information content (AvgIpc) is 3.01. The molecule has 2 heteroatoms. The lowest BCUT2D eigenvalue weighted by Gasteiger charge is -2.21. The molecule has 31 heavy (non-hydrogen) atoms. The molecule has 0 aliphatic carbocycles. The van der Waals surface area contributed by atoms with E-state index in [9.17, 15) is 0 Å². The van der Waals surface area contributed by atoms with Gasteiger partial charge in [-0.1, -0.05) is 129 Å². The molecular formula is C29H60N2. The van der Waals surface area contributed by atoms with Gasteiger partial charge in [-0.05, 0) is 45.4 Å². The zero-order valence-corrected chi connectivity index (χ0v) is 22.0. The van der Waals surface area contributed by atoms with Gasteiger partial charge in [-0.3, -0.25) is 0 Å². The van der Waals surface area contributed by atoms with Gasteiger partial charge in [0.15, 0.2) is 0 Å². The van der Waals surface area contributed by atoms with Gasteiger partial charge in [-0.25, -0.2) is 0 Å². The van der Waals surface area contributed by atoms with Gasteiger partial charge < -0.3 is 9.80 Å². The summed E-state index contributed by atoms with van der Waals surface area (Å²) in [6.45, 7) is 12.6. The van der Waals surface area contributed by atoms with E-state index >= 15 is 0 Å². The van der Waals surface area contributed by atoms with Crippen molar-refractivity contribution in [3.63, 3.8) is 0 Å². The number of unbranched alkanes of at least 4 members (excludes halogenated alkanes) is 18. The third-order valence-corrected chi connectivity index (χ3v) is 7.34. The van der Waals surface area contributed by atoms with Crippen LogP contribution in [0.15, 0.2) is 0 Å². The fourth-order valence-electron chi connectivity index (χ4n) is 5.12. The van der Waals surface area contributed by atoms with Gasteiger partial charge in [0.25, 0.3) is 0 Å². The van der Waals surface area contributed by atoms with Crippen molar-refractivity contribution >= 4 is 0 Å². The first-order valence-corrected chi connectivity index (χ1v) is 14.8. The van der Waals surface area contributed by atoms with Crippen molar-refractivity contribution in [1.82, 2.24) is 9.80 Å². The maximum atomic E-state index is 2.75.